The zero-order chi connectivity index (χ0) is 15.0. The number of carbonyl (C=O) groups excluding carboxylic acids is 1. The number of benzene rings is 1. The summed E-state index contributed by atoms with van der Waals surface area (Å²) in [7, 11) is 0. The number of nitrogens with zero attached hydrogens (tertiary/aromatic N) is 1. The molecule has 3 atom stereocenters. The summed E-state index contributed by atoms with van der Waals surface area (Å²) in [6, 6.07) is 6.76. The fourth-order valence-electron chi connectivity index (χ4n) is 3.95. The molecule has 1 aliphatic carbocycles. The second-order valence-electron chi connectivity index (χ2n) is 6.13. The van der Waals surface area contributed by atoms with Gasteiger partial charge in [-0.2, -0.15) is 0 Å². The minimum Gasteiger partial charge on any atom is -0.480 e. The van der Waals surface area contributed by atoms with Gasteiger partial charge < -0.3 is 10.8 Å². The minimum atomic E-state index is -0.726. The third-order valence-corrected chi connectivity index (χ3v) is 4.84. The van der Waals surface area contributed by atoms with Crippen molar-refractivity contribution in [1.82, 2.24) is 4.90 Å². The van der Waals surface area contributed by atoms with E-state index < -0.39 is 17.9 Å². The lowest BCUT2D eigenvalue weighted by Crippen LogP contribution is -2.39. The van der Waals surface area contributed by atoms with Crippen LogP contribution in [0.15, 0.2) is 24.3 Å². The number of hydrogen-bond donors (Lipinski definition) is 2. The predicted molar refractivity (Wildman–Crippen MR) is 77.6 cm³/mol. The van der Waals surface area contributed by atoms with Gasteiger partial charge in [-0.15, -0.1) is 0 Å². The lowest BCUT2D eigenvalue weighted by atomic mass is 9.94. The summed E-state index contributed by atoms with van der Waals surface area (Å²) in [5.41, 5.74) is 6.71. The van der Waals surface area contributed by atoms with Crippen LogP contribution in [-0.2, 0) is 11.3 Å². The molecule has 0 bridgehead atoms. The van der Waals surface area contributed by atoms with E-state index in [1.807, 2.05) is 11.0 Å². The summed E-state index contributed by atoms with van der Waals surface area (Å²) in [6.45, 7) is 1.40. The van der Waals surface area contributed by atoms with Crippen LogP contribution in [0, 0.1) is 11.8 Å². The van der Waals surface area contributed by atoms with E-state index in [9.17, 15) is 14.7 Å². The number of aliphatic carboxylic acids is 1. The average molecular weight is 288 g/mol. The topological polar surface area (TPSA) is 83.6 Å². The third-order valence-electron chi connectivity index (χ3n) is 4.84. The quantitative estimate of drug-likeness (QED) is 0.878. The van der Waals surface area contributed by atoms with Crippen LogP contribution in [-0.4, -0.2) is 34.5 Å². The highest BCUT2D eigenvalue weighted by Crippen LogP contribution is 2.42. The number of primary amides is 1. The van der Waals surface area contributed by atoms with Crippen molar-refractivity contribution in [3.63, 3.8) is 0 Å². The van der Waals surface area contributed by atoms with Crippen molar-refractivity contribution in [3.8, 4) is 0 Å². The van der Waals surface area contributed by atoms with Gasteiger partial charge in [0.2, 0.25) is 5.91 Å². The Hall–Kier alpha value is -1.88. The zero-order valence-electron chi connectivity index (χ0n) is 11.9. The maximum Gasteiger partial charge on any atom is 0.321 e. The first kappa shape index (κ1) is 14.1. The summed E-state index contributed by atoms with van der Waals surface area (Å²) in [4.78, 5) is 24.9. The highest BCUT2D eigenvalue weighted by atomic mass is 16.4. The van der Waals surface area contributed by atoms with Gasteiger partial charge in [0.1, 0.15) is 6.04 Å². The normalized spacial score (nSPS) is 28.5. The third kappa shape index (κ3) is 2.65. The summed E-state index contributed by atoms with van der Waals surface area (Å²) >= 11 is 0. The van der Waals surface area contributed by atoms with Crippen molar-refractivity contribution in [2.45, 2.75) is 31.8 Å². The molecule has 0 aromatic heterocycles. The summed E-state index contributed by atoms with van der Waals surface area (Å²) in [6.07, 6.45) is 3.29. The SMILES string of the molecule is NC(=O)c1cccc(CN2CC3CCCC3C2C(=O)O)c1. The second-order valence-corrected chi connectivity index (χ2v) is 6.13. The maximum atomic E-state index is 11.6. The summed E-state index contributed by atoms with van der Waals surface area (Å²) in [5, 5.41) is 9.54. The molecule has 1 aliphatic heterocycles. The van der Waals surface area contributed by atoms with Crippen LogP contribution < -0.4 is 5.73 Å². The fraction of sp³-hybridized carbons (Fsp3) is 0.500. The number of nitrogens with two attached hydrogens (primary N) is 1. The standard InChI is InChI=1S/C16H20N2O3/c17-15(19)11-4-1-3-10(7-11)8-18-9-12-5-2-6-13(12)14(18)16(20)21/h1,3-4,7,12-14H,2,5-6,8-9H2,(H2,17,19)(H,20,21). The number of hydrogen-bond acceptors (Lipinski definition) is 3. The Morgan fingerprint density at radius 3 is 2.86 bits per heavy atom. The molecule has 5 heteroatoms. The van der Waals surface area contributed by atoms with Crippen LogP contribution in [0.2, 0.25) is 0 Å². The first-order valence-electron chi connectivity index (χ1n) is 7.42. The van der Waals surface area contributed by atoms with Crippen molar-refractivity contribution in [3.05, 3.63) is 35.4 Å². The second kappa shape index (κ2) is 5.48. The fourth-order valence-corrected chi connectivity index (χ4v) is 3.95. The van der Waals surface area contributed by atoms with Gasteiger partial charge in [-0.25, -0.2) is 0 Å². The van der Waals surface area contributed by atoms with Gasteiger partial charge in [-0.3, -0.25) is 14.5 Å². The van der Waals surface area contributed by atoms with E-state index in [-0.39, 0.29) is 5.92 Å². The largest absolute Gasteiger partial charge is 0.480 e. The van der Waals surface area contributed by atoms with Gasteiger partial charge in [0.05, 0.1) is 0 Å². The molecule has 112 valence electrons. The molecule has 1 amide bonds. The highest BCUT2D eigenvalue weighted by Gasteiger charge is 2.47. The van der Waals surface area contributed by atoms with Gasteiger partial charge in [-0.05, 0) is 42.4 Å². The maximum absolute atomic E-state index is 11.6. The molecule has 1 saturated carbocycles. The van der Waals surface area contributed by atoms with Crippen LogP contribution in [0.4, 0.5) is 0 Å². The van der Waals surface area contributed by atoms with Crippen LogP contribution in [0.1, 0.15) is 35.2 Å². The predicted octanol–water partition coefficient (Wildman–Crippen LogP) is 1.47. The van der Waals surface area contributed by atoms with Crippen molar-refractivity contribution >= 4 is 11.9 Å². The van der Waals surface area contributed by atoms with Gasteiger partial charge in [0.15, 0.2) is 0 Å². The van der Waals surface area contributed by atoms with Crippen molar-refractivity contribution in [1.29, 1.82) is 0 Å². The van der Waals surface area contributed by atoms with Crippen LogP contribution in [0.5, 0.6) is 0 Å². The van der Waals surface area contributed by atoms with Crippen molar-refractivity contribution < 1.29 is 14.7 Å². The molecule has 1 heterocycles. The molecule has 21 heavy (non-hydrogen) atoms. The highest BCUT2D eigenvalue weighted by molar-refractivity contribution is 5.92. The van der Waals surface area contributed by atoms with E-state index in [0.29, 0.717) is 18.0 Å². The molecule has 3 N–H and O–H groups in total. The molecule has 3 unspecified atom stereocenters. The lowest BCUT2D eigenvalue weighted by Gasteiger charge is -2.24. The van der Waals surface area contributed by atoms with Crippen molar-refractivity contribution in [2.75, 3.05) is 6.54 Å². The van der Waals surface area contributed by atoms with E-state index in [1.54, 1.807) is 18.2 Å². The molecule has 0 radical (unpaired) electrons. The Labute approximate surface area is 123 Å². The number of amides is 1. The Morgan fingerprint density at radius 1 is 1.33 bits per heavy atom. The van der Waals surface area contributed by atoms with E-state index in [4.69, 9.17) is 5.73 Å². The molecule has 1 aromatic carbocycles. The lowest BCUT2D eigenvalue weighted by molar-refractivity contribution is -0.143. The molecule has 1 saturated heterocycles. The Balaban J connectivity index is 1.79. The van der Waals surface area contributed by atoms with E-state index in [2.05, 4.69) is 0 Å². The minimum absolute atomic E-state index is 0.279. The average Bonchev–Trinajstić information content (AvgIpc) is 2.98. The van der Waals surface area contributed by atoms with Crippen LogP contribution >= 0.6 is 0 Å². The number of likely N-dealkylation sites (tertiary alicyclic amines) is 1. The van der Waals surface area contributed by atoms with E-state index in [1.165, 1.54) is 0 Å². The van der Waals surface area contributed by atoms with Crippen LogP contribution in [0.3, 0.4) is 0 Å². The van der Waals surface area contributed by atoms with E-state index >= 15 is 0 Å². The summed E-state index contributed by atoms with van der Waals surface area (Å²) in [5.74, 6) is -0.396. The number of carbonyl (C=O) groups is 2. The molecule has 3 rings (SSSR count). The monoisotopic (exact) mass is 288 g/mol. The molecule has 2 aliphatic rings. The zero-order valence-corrected chi connectivity index (χ0v) is 11.9. The number of fused-ring (bicyclic) bond motifs is 1. The number of carboxylic acids is 1. The van der Waals surface area contributed by atoms with Gasteiger partial charge in [0.25, 0.3) is 0 Å². The van der Waals surface area contributed by atoms with Gasteiger partial charge >= 0.3 is 5.97 Å². The Morgan fingerprint density at radius 2 is 2.14 bits per heavy atom. The first-order chi connectivity index (χ1) is 10.1. The molecule has 0 spiro atoms. The number of rotatable bonds is 4. The summed E-state index contributed by atoms with van der Waals surface area (Å²) < 4.78 is 0. The van der Waals surface area contributed by atoms with Crippen molar-refractivity contribution in [2.24, 2.45) is 17.6 Å². The smallest absolute Gasteiger partial charge is 0.321 e. The van der Waals surface area contributed by atoms with Crippen LogP contribution in [0.25, 0.3) is 0 Å². The number of carboxylic acid groups (broad SMARTS) is 1. The molecular weight excluding hydrogens is 268 g/mol. The molecule has 5 nitrogen and oxygen atoms in total. The Bertz CT molecular complexity index is 572. The van der Waals surface area contributed by atoms with Gasteiger partial charge in [0, 0.05) is 18.7 Å². The van der Waals surface area contributed by atoms with E-state index in [0.717, 1.165) is 31.4 Å². The molecular formula is C16H20N2O3. The first-order valence-corrected chi connectivity index (χ1v) is 7.42. The molecule has 2 fully saturated rings. The Kier molecular flexibility index (Phi) is 3.68. The van der Waals surface area contributed by atoms with Gasteiger partial charge in [-0.1, -0.05) is 18.6 Å². The molecule has 1 aromatic rings.